The number of nitrogens with zero attached hydrogens (tertiary/aromatic N) is 1. The Morgan fingerprint density at radius 1 is 1.38 bits per heavy atom. The van der Waals surface area contributed by atoms with Gasteiger partial charge in [0.15, 0.2) is 0 Å². The molecule has 0 saturated heterocycles. The van der Waals surface area contributed by atoms with Gasteiger partial charge in [-0.05, 0) is 12.8 Å². The van der Waals surface area contributed by atoms with Crippen LogP contribution in [-0.4, -0.2) is 10.2 Å². The number of hydrogen-bond acceptors (Lipinski definition) is 2. The zero-order chi connectivity index (χ0) is 9.31. The predicted molar refractivity (Wildman–Crippen MR) is 52.5 cm³/mol. The van der Waals surface area contributed by atoms with Crippen LogP contribution in [0.3, 0.4) is 0 Å². The number of hydrogen-bond donors (Lipinski definition) is 2. The summed E-state index contributed by atoms with van der Waals surface area (Å²) in [5, 5.41) is 7.23. The summed E-state index contributed by atoms with van der Waals surface area (Å²) in [5.74, 6) is 0. The van der Waals surface area contributed by atoms with Crippen LogP contribution >= 0.6 is 11.6 Å². The van der Waals surface area contributed by atoms with Gasteiger partial charge in [-0.15, -0.1) is 0 Å². The number of aromatic nitrogens is 2. The molecule has 0 atom stereocenters. The Kier molecular flexibility index (Phi) is 2.30. The third kappa shape index (κ3) is 1.58. The smallest absolute Gasteiger partial charge is 0.129 e. The van der Waals surface area contributed by atoms with Crippen LogP contribution in [0.25, 0.3) is 0 Å². The first kappa shape index (κ1) is 9.03. The predicted octanol–water partition coefficient (Wildman–Crippen LogP) is 2.18. The molecule has 0 aromatic carbocycles. The molecular formula is C9H14ClN3. The normalized spacial score (nSPS) is 21.7. The van der Waals surface area contributed by atoms with Crippen LogP contribution < -0.4 is 5.73 Å². The maximum absolute atomic E-state index is 6.28. The lowest BCUT2D eigenvalue weighted by Crippen LogP contribution is -2.38. The molecule has 0 spiro atoms. The summed E-state index contributed by atoms with van der Waals surface area (Å²) in [5.41, 5.74) is 7.03. The Balaban J connectivity index is 2.27. The van der Waals surface area contributed by atoms with Gasteiger partial charge < -0.3 is 5.73 Å². The monoisotopic (exact) mass is 199 g/mol. The van der Waals surface area contributed by atoms with E-state index in [4.69, 9.17) is 17.3 Å². The van der Waals surface area contributed by atoms with Gasteiger partial charge in [0.2, 0.25) is 0 Å². The number of halogens is 1. The van der Waals surface area contributed by atoms with Crippen molar-refractivity contribution in [2.24, 2.45) is 5.73 Å². The van der Waals surface area contributed by atoms with Gasteiger partial charge in [-0.3, -0.25) is 5.10 Å². The van der Waals surface area contributed by atoms with Crippen molar-refractivity contribution < 1.29 is 0 Å². The Bertz CT molecular complexity index is 289. The number of rotatable bonds is 1. The molecule has 1 aliphatic carbocycles. The summed E-state index contributed by atoms with van der Waals surface area (Å²) in [6.45, 7) is 0. The van der Waals surface area contributed by atoms with Crippen LogP contribution in [0.1, 0.15) is 37.7 Å². The van der Waals surface area contributed by atoms with Crippen molar-refractivity contribution >= 4 is 11.6 Å². The van der Waals surface area contributed by atoms with Gasteiger partial charge in [0.05, 0.1) is 6.20 Å². The second-order valence-corrected chi connectivity index (χ2v) is 4.19. The lowest BCUT2D eigenvalue weighted by molar-refractivity contribution is 0.302. The first-order chi connectivity index (χ1) is 6.22. The Morgan fingerprint density at radius 2 is 2.08 bits per heavy atom. The van der Waals surface area contributed by atoms with E-state index in [0.29, 0.717) is 5.15 Å². The molecule has 1 fully saturated rings. The summed E-state index contributed by atoms with van der Waals surface area (Å²) in [6.07, 6.45) is 7.47. The minimum atomic E-state index is -0.234. The molecule has 1 heterocycles. The zero-order valence-corrected chi connectivity index (χ0v) is 8.27. The third-order valence-electron chi connectivity index (χ3n) is 2.88. The Hall–Kier alpha value is -0.540. The van der Waals surface area contributed by atoms with Gasteiger partial charge in [0, 0.05) is 11.1 Å². The van der Waals surface area contributed by atoms with E-state index in [1.807, 2.05) is 0 Å². The van der Waals surface area contributed by atoms with E-state index in [9.17, 15) is 0 Å². The van der Waals surface area contributed by atoms with E-state index in [1.54, 1.807) is 6.20 Å². The fourth-order valence-corrected chi connectivity index (χ4v) is 2.36. The molecule has 1 aliphatic rings. The van der Waals surface area contributed by atoms with Crippen LogP contribution in [0.15, 0.2) is 6.20 Å². The zero-order valence-electron chi connectivity index (χ0n) is 7.52. The summed E-state index contributed by atoms with van der Waals surface area (Å²) < 4.78 is 0. The van der Waals surface area contributed by atoms with E-state index in [2.05, 4.69) is 10.2 Å². The summed E-state index contributed by atoms with van der Waals surface area (Å²) in [7, 11) is 0. The van der Waals surface area contributed by atoms with E-state index in [0.717, 1.165) is 18.4 Å². The standard InChI is InChI=1S/C9H14ClN3/c10-8-7(6-12-13-8)9(11)4-2-1-3-5-9/h6H,1-5,11H2,(H,12,13). The molecule has 1 aromatic rings. The van der Waals surface area contributed by atoms with Crippen molar-refractivity contribution in [1.82, 2.24) is 10.2 Å². The molecule has 3 N–H and O–H groups in total. The highest BCUT2D eigenvalue weighted by atomic mass is 35.5. The number of aromatic amines is 1. The van der Waals surface area contributed by atoms with Crippen LogP contribution in [0.5, 0.6) is 0 Å². The lowest BCUT2D eigenvalue weighted by Gasteiger charge is -2.32. The average Bonchev–Trinajstić information content (AvgIpc) is 2.53. The Morgan fingerprint density at radius 3 is 2.62 bits per heavy atom. The number of nitrogens with one attached hydrogen (secondary N) is 1. The largest absolute Gasteiger partial charge is 0.321 e. The van der Waals surface area contributed by atoms with E-state index < -0.39 is 0 Å². The third-order valence-corrected chi connectivity index (χ3v) is 3.16. The van der Waals surface area contributed by atoms with Crippen molar-refractivity contribution in [2.45, 2.75) is 37.6 Å². The van der Waals surface area contributed by atoms with Crippen LogP contribution in [0, 0.1) is 0 Å². The molecule has 72 valence electrons. The molecule has 0 bridgehead atoms. The van der Waals surface area contributed by atoms with Crippen LogP contribution in [0.4, 0.5) is 0 Å². The molecule has 3 nitrogen and oxygen atoms in total. The molecule has 0 unspecified atom stereocenters. The first-order valence-corrected chi connectivity index (χ1v) is 5.08. The summed E-state index contributed by atoms with van der Waals surface area (Å²) >= 11 is 5.96. The minimum absolute atomic E-state index is 0.234. The summed E-state index contributed by atoms with van der Waals surface area (Å²) in [4.78, 5) is 0. The summed E-state index contributed by atoms with van der Waals surface area (Å²) in [6, 6.07) is 0. The van der Waals surface area contributed by atoms with Crippen molar-refractivity contribution in [1.29, 1.82) is 0 Å². The van der Waals surface area contributed by atoms with E-state index in [-0.39, 0.29) is 5.54 Å². The van der Waals surface area contributed by atoms with Crippen molar-refractivity contribution in [3.63, 3.8) is 0 Å². The maximum atomic E-state index is 6.28. The Labute approximate surface area is 82.7 Å². The SMILES string of the molecule is NC1(c2cn[nH]c2Cl)CCCCC1. The van der Waals surface area contributed by atoms with Gasteiger partial charge in [-0.1, -0.05) is 30.9 Å². The lowest BCUT2D eigenvalue weighted by atomic mass is 9.79. The first-order valence-electron chi connectivity index (χ1n) is 4.71. The van der Waals surface area contributed by atoms with Crippen molar-refractivity contribution in [3.8, 4) is 0 Å². The molecule has 1 aromatic heterocycles. The molecule has 1 saturated carbocycles. The second-order valence-electron chi connectivity index (χ2n) is 3.81. The van der Waals surface area contributed by atoms with Gasteiger partial charge in [-0.25, -0.2) is 0 Å². The molecule has 2 rings (SSSR count). The van der Waals surface area contributed by atoms with Gasteiger partial charge in [-0.2, -0.15) is 5.10 Å². The maximum Gasteiger partial charge on any atom is 0.129 e. The molecule has 0 amide bonds. The quantitative estimate of drug-likeness (QED) is 0.729. The molecule has 4 heteroatoms. The van der Waals surface area contributed by atoms with E-state index in [1.165, 1.54) is 19.3 Å². The fraction of sp³-hybridized carbons (Fsp3) is 0.667. The highest BCUT2D eigenvalue weighted by molar-refractivity contribution is 6.30. The second kappa shape index (κ2) is 3.31. The van der Waals surface area contributed by atoms with Crippen molar-refractivity contribution in [3.05, 3.63) is 16.9 Å². The molecule has 0 aliphatic heterocycles. The molecular weight excluding hydrogens is 186 g/mol. The average molecular weight is 200 g/mol. The van der Waals surface area contributed by atoms with Gasteiger partial charge in [0.1, 0.15) is 5.15 Å². The number of nitrogens with two attached hydrogens (primary N) is 1. The highest BCUT2D eigenvalue weighted by Crippen LogP contribution is 2.36. The van der Waals surface area contributed by atoms with Crippen LogP contribution in [-0.2, 0) is 5.54 Å². The molecule has 13 heavy (non-hydrogen) atoms. The number of H-pyrrole nitrogens is 1. The molecule has 0 radical (unpaired) electrons. The van der Waals surface area contributed by atoms with Gasteiger partial charge >= 0.3 is 0 Å². The topological polar surface area (TPSA) is 54.7 Å². The van der Waals surface area contributed by atoms with E-state index >= 15 is 0 Å². The fourth-order valence-electron chi connectivity index (χ4n) is 2.07. The van der Waals surface area contributed by atoms with Gasteiger partial charge in [0.25, 0.3) is 0 Å². The van der Waals surface area contributed by atoms with Crippen LogP contribution in [0.2, 0.25) is 5.15 Å². The highest BCUT2D eigenvalue weighted by Gasteiger charge is 2.32. The minimum Gasteiger partial charge on any atom is -0.321 e. The van der Waals surface area contributed by atoms with Crippen molar-refractivity contribution in [2.75, 3.05) is 0 Å².